The highest BCUT2D eigenvalue weighted by Gasteiger charge is 2.11. The van der Waals surface area contributed by atoms with E-state index in [0.717, 1.165) is 0 Å². The van der Waals surface area contributed by atoms with E-state index in [-0.39, 0.29) is 11.7 Å². The van der Waals surface area contributed by atoms with Gasteiger partial charge in [-0.1, -0.05) is 0 Å². The van der Waals surface area contributed by atoms with Crippen LogP contribution >= 0.6 is 0 Å². The number of carbonyl (C=O) groups is 1. The molecule has 3 rings (SSSR count). The van der Waals surface area contributed by atoms with Crippen LogP contribution in [0.25, 0.3) is 11.1 Å². The SMILES string of the molecule is CN(C)c1nc2cc(NC(=O)c3ccco3)ccc2o1. The predicted octanol–water partition coefficient (Wildman–Crippen LogP) is 2.74. The van der Waals surface area contributed by atoms with E-state index in [2.05, 4.69) is 10.3 Å². The van der Waals surface area contributed by atoms with Gasteiger partial charge in [0.25, 0.3) is 11.9 Å². The third-order valence-corrected chi connectivity index (χ3v) is 2.76. The van der Waals surface area contributed by atoms with Gasteiger partial charge in [0.05, 0.1) is 6.26 Å². The largest absolute Gasteiger partial charge is 0.459 e. The second-order valence-electron chi connectivity index (χ2n) is 4.50. The Labute approximate surface area is 115 Å². The molecule has 0 saturated carbocycles. The molecule has 0 spiro atoms. The van der Waals surface area contributed by atoms with Crippen molar-refractivity contribution in [3.8, 4) is 0 Å². The summed E-state index contributed by atoms with van der Waals surface area (Å²) in [6, 6.07) is 9.08. The smallest absolute Gasteiger partial charge is 0.297 e. The summed E-state index contributed by atoms with van der Waals surface area (Å²) >= 11 is 0. The number of amides is 1. The zero-order valence-corrected chi connectivity index (χ0v) is 11.1. The highest BCUT2D eigenvalue weighted by Crippen LogP contribution is 2.23. The number of nitrogens with zero attached hydrogens (tertiary/aromatic N) is 2. The first kappa shape index (κ1) is 12.3. The first-order valence-corrected chi connectivity index (χ1v) is 6.06. The van der Waals surface area contributed by atoms with Crippen molar-refractivity contribution in [2.24, 2.45) is 0 Å². The van der Waals surface area contributed by atoms with Crippen molar-refractivity contribution in [1.82, 2.24) is 4.98 Å². The summed E-state index contributed by atoms with van der Waals surface area (Å²) in [5, 5.41) is 2.75. The van der Waals surface area contributed by atoms with E-state index in [1.165, 1.54) is 6.26 Å². The van der Waals surface area contributed by atoms with Crippen LogP contribution < -0.4 is 10.2 Å². The Morgan fingerprint density at radius 1 is 1.30 bits per heavy atom. The normalized spacial score (nSPS) is 10.7. The molecule has 2 heterocycles. The molecule has 0 unspecified atom stereocenters. The van der Waals surface area contributed by atoms with Crippen LogP contribution in [0.15, 0.2) is 45.4 Å². The van der Waals surface area contributed by atoms with E-state index in [1.54, 1.807) is 35.2 Å². The molecule has 6 nitrogen and oxygen atoms in total. The molecule has 20 heavy (non-hydrogen) atoms. The van der Waals surface area contributed by atoms with E-state index in [0.29, 0.717) is 22.8 Å². The van der Waals surface area contributed by atoms with Crippen molar-refractivity contribution in [1.29, 1.82) is 0 Å². The minimum atomic E-state index is -0.300. The van der Waals surface area contributed by atoms with E-state index in [4.69, 9.17) is 8.83 Å². The predicted molar refractivity (Wildman–Crippen MR) is 75.0 cm³/mol. The van der Waals surface area contributed by atoms with Crippen molar-refractivity contribution in [2.45, 2.75) is 0 Å². The number of carbonyl (C=O) groups excluding carboxylic acids is 1. The summed E-state index contributed by atoms with van der Waals surface area (Å²) < 4.78 is 10.6. The minimum absolute atomic E-state index is 0.263. The average Bonchev–Trinajstić information content (AvgIpc) is 3.07. The number of furan rings is 1. The Kier molecular flexibility index (Phi) is 2.90. The molecule has 0 aliphatic rings. The molecule has 0 fully saturated rings. The number of hydrogen-bond donors (Lipinski definition) is 1. The lowest BCUT2D eigenvalue weighted by Gasteiger charge is -2.03. The molecular weight excluding hydrogens is 258 g/mol. The fourth-order valence-electron chi connectivity index (χ4n) is 1.78. The number of aromatic nitrogens is 1. The number of rotatable bonds is 3. The maximum atomic E-state index is 11.9. The van der Waals surface area contributed by atoms with Crippen molar-refractivity contribution in [3.63, 3.8) is 0 Å². The molecule has 2 aromatic heterocycles. The Hall–Kier alpha value is -2.76. The summed E-state index contributed by atoms with van der Waals surface area (Å²) in [5.41, 5.74) is 1.99. The van der Waals surface area contributed by atoms with Crippen LogP contribution in [0.5, 0.6) is 0 Å². The van der Waals surface area contributed by atoms with Gasteiger partial charge in [0.2, 0.25) is 0 Å². The topological polar surface area (TPSA) is 71.5 Å². The summed E-state index contributed by atoms with van der Waals surface area (Å²) in [6.07, 6.45) is 1.46. The van der Waals surface area contributed by atoms with Gasteiger partial charge in [-0.15, -0.1) is 0 Å². The molecular formula is C14H13N3O3. The molecule has 0 saturated heterocycles. The van der Waals surface area contributed by atoms with Gasteiger partial charge in [0.1, 0.15) is 5.52 Å². The lowest BCUT2D eigenvalue weighted by atomic mass is 10.3. The molecule has 6 heteroatoms. The van der Waals surface area contributed by atoms with Gasteiger partial charge in [0.15, 0.2) is 11.3 Å². The van der Waals surface area contributed by atoms with E-state index < -0.39 is 0 Å². The Balaban J connectivity index is 1.87. The summed E-state index contributed by atoms with van der Waals surface area (Å²) in [6.45, 7) is 0. The van der Waals surface area contributed by atoms with Crippen molar-refractivity contribution in [2.75, 3.05) is 24.3 Å². The highest BCUT2D eigenvalue weighted by molar-refractivity contribution is 6.03. The number of nitrogens with one attached hydrogen (secondary N) is 1. The summed E-state index contributed by atoms with van der Waals surface area (Å²) in [4.78, 5) is 18.0. The first-order chi connectivity index (χ1) is 9.63. The minimum Gasteiger partial charge on any atom is -0.459 e. The number of oxazole rings is 1. The highest BCUT2D eigenvalue weighted by atomic mass is 16.4. The maximum Gasteiger partial charge on any atom is 0.297 e. The Bertz CT molecular complexity index is 744. The molecule has 1 amide bonds. The molecule has 0 radical (unpaired) electrons. The zero-order valence-electron chi connectivity index (χ0n) is 11.1. The molecule has 1 aromatic carbocycles. The fourth-order valence-corrected chi connectivity index (χ4v) is 1.78. The van der Waals surface area contributed by atoms with Crippen molar-refractivity contribution < 1.29 is 13.6 Å². The van der Waals surface area contributed by atoms with E-state index >= 15 is 0 Å². The lowest BCUT2D eigenvalue weighted by molar-refractivity contribution is 0.0996. The molecule has 0 aliphatic heterocycles. The van der Waals surface area contributed by atoms with Crippen LogP contribution in [-0.2, 0) is 0 Å². The Morgan fingerprint density at radius 2 is 2.15 bits per heavy atom. The fraction of sp³-hybridized carbons (Fsp3) is 0.143. The Morgan fingerprint density at radius 3 is 2.85 bits per heavy atom. The van der Waals surface area contributed by atoms with Crippen molar-refractivity contribution in [3.05, 3.63) is 42.4 Å². The zero-order chi connectivity index (χ0) is 14.1. The number of anilines is 2. The van der Waals surface area contributed by atoms with Gasteiger partial charge in [0, 0.05) is 19.8 Å². The standard InChI is InChI=1S/C14H13N3O3/c1-17(2)14-16-10-8-9(5-6-11(10)20-14)15-13(18)12-4-3-7-19-12/h3-8H,1-2H3,(H,15,18). The molecule has 0 atom stereocenters. The van der Waals surface area contributed by atoms with Gasteiger partial charge in [-0.05, 0) is 30.3 Å². The third-order valence-electron chi connectivity index (χ3n) is 2.76. The van der Waals surface area contributed by atoms with Crippen LogP contribution in [0.4, 0.5) is 11.7 Å². The number of fused-ring (bicyclic) bond motifs is 1. The molecule has 0 bridgehead atoms. The summed E-state index contributed by atoms with van der Waals surface area (Å²) in [5.74, 6) is -0.0371. The van der Waals surface area contributed by atoms with Gasteiger partial charge in [-0.3, -0.25) is 4.79 Å². The van der Waals surface area contributed by atoms with E-state index in [1.807, 2.05) is 14.1 Å². The second-order valence-corrected chi connectivity index (χ2v) is 4.50. The number of hydrogen-bond acceptors (Lipinski definition) is 5. The van der Waals surface area contributed by atoms with Crippen LogP contribution in [0.2, 0.25) is 0 Å². The number of benzene rings is 1. The molecule has 0 aliphatic carbocycles. The lowest BCUT2D eigenvalue weighted by Crippen LogP contribution is -2.10. The average molecular weight is 271 g/mol. The van der Waals surface area contributed by atoms with Gasteiger partial charge in [-0.25, -0.2) is 0 Å². The quantitative estimate of drug-likeness (QED) is 0.793. The second kappa shape index (κ2) is 4.73. The first-order valence-electron chi connectivity index (χ1n) is 6.06. The molecule has 1 N–H and O–H groups in total. The van der Waals surface area contributed by atoms with Crippen molar-refractivity contribution >= 4 is 28.7 Å². The van der Waals surface area contributed by atoms with E-state index in [9.17, 15) is 4.79 Å². The van der Waals surface area contributed by atoms with Crippen LogP contribution in [0, 0.1) is 0 Å². The van der Waals surface area contributed by atoms with Gasteiger partial charge in [-0.2, -0.15) is 4.98 Å². The summed E-state index contributed by atoms with van der Waals surface area (Å²) in [7, 11) is 3.70. The third kappa shape index (κ3) is 2.23. The van der Waals surface area contributed by atoms with Crippen LogP contribution in [0.1, 0.15) is 10.6 Å². The van der Waals surface area contributed by atoms with Gasteiger partial charge >= 0.3 is 0 Å². The van der Waals surface area contributed by atoms with Crippen LogP contribution in [0.3, 0.4) is 0 Å². The monoisotopic (exact) mass is 271 g/mol. The van der Waals surface area contributed by atoms with Gasteiger partial charge < -0.3 is 19.1 Å². The van der Waals surface area contributed by atoms with Crippen LogP contribution in [-0.4, -0.2) is 25.0 Å². The maximum absolute atomic E-state index is 11.9. The molecule has 102 valence electrons. The molecule has 3 aromatic rings.